The normalized spacial score (nSPS) is 11.0. The van der Waals surface area contributed by atoms with E-state index in [0.29, 0.717) is 18.1 Å². The molecule has 96 valence electrons. The molecule has 0 saturated heterocycles. The molecular weight excluding hydrogens is 246 g/mol. The number of carboxylic acids is 1. The van der Waals surface area contributed by atoms with Crippen molar-refractivity contribution >= 4 is 17.0 Å². The molecule has 0 amide bonds. The van der Waals surface area contributed by atoms with Crippen molar-refractivity contribution in [2.45, 2.75) is 13.5 Å². The van der Waals surface area contributed by atoms with Crippen molar-refractivity contribution in [1.29, 1.82) is 0 Å². The number of aromatic amines is 1. The van der Waals surface area contributed by atoms with E-state index < -0.39 is 5.97 Å². The number of rotatable bonds is 3. The Balaban J connectivity index is 2.30. The predicted octanol–water partition coefficient (Wildman–Crippen LogP) is 1.54. The van der Waals surface area contributed by atoms with E-state index in [1.807, 2.05) is 17.6 Å². The van der Waals surface area contributed by atoms with E-state index in [4.69, 9.17) is 5.11 Å². The molecule has 0 radical (unpaired) electrons. The van der Waals surface area contributed by atoms with Crippen molar-refractivity contribution in [3.05, 3.63) is 30.5 Å². The summed E-state index contributed by atoms with van der Waals surface area (Å²) in [5, 5.41) is 9.13. The number of nitrogens with one attached hydrogen (secondary N) is 1. The van der Waals surface area contributed by atoms with Gasteiger partial charge in [-0.3, -0.25) is 4.98 Å². The Bertz CT molecular complexity index is 758. The Morgan fingerprint density at radius 1 is 1.53 bits per heavy atom. The number of aryl methyl sites for hydroxylation is 1. The van der Waals surface area contributed by atoms with Gasteiger partial charge in [0.15, 0.2) is 11.5 Å². The second-order valence-corrected chi connectivity index (χ2v) is 3.98. The third-order valence-corrected chi connectivity index (χ3v) is 2.93. The number of pyridine rings is 1. The molecule has 3 rings (SSSR count). The predicted molar refractivity (Wildman–Crippen MR) is 67.7 cm³/mol. The van der Waals surface area contributed by atoms with Gasteiger partial charge >= 0.3 is 5.97 Å². The Morgan fingerprint density at radius 3 is 3.11 bits per heavy atom. The van der Waals surface area contributed by atoms with Crippen molar-refractivity contribution in [1.82, 2.24) is 24.5 Å². The van der Waals surface area contributed by atoms with Crippen molar-refractivity contribution in [3.63, 3.8) is 0 Å². The average molecular weight is 257 g/mol. The first kappa shape index (κ1) is 11.4. The minimum absolute atomic E-state index is 0.0398. The summed E-state index contributed by atoms with van der Waals surface area (Å²) in [6.45, 7) is 2.64. The molecule has 0 aliphatic carbocycles. The number of hydrogen-bond acceptors (Lipinski definition) is 4. The summed E-state index contributed by atoms with van der Waals surface area (Å²) in [6, 6.07) is 1.85. The zero-order valence-corrected chi connectivity index (χ0v) is 10.2. The van der Waals surface area contributed by atoms with Gasteiger partial charge in [0.2, 0.25) is 0 Å². The number of aromatic carboxylic acids is 1. The SMILES string of the molecule is CCn1c(-c2nc[nH]c2C(=O)O)nc2cnccc21. The molecule has 3 heterocycles. The quantitative estimate of drug-likeness (QED) is 0.741. The highest BCUT2D eigenvalue weighted by Crippen LogP contribution is 2.24. The fourth-order valence-corrected chi connectivity index (χ4v) is 2.11. The van der Waals surface area contributed by atoms with Gasteiger partial charge in [0, 0.05) is 12.7 Å². The van der Waals surface area contributed by atoms with E-state index in [9.17, 15) is 4.79 Å². The topological polar surface area (TPSA) is 96.7 Å². The average Bonchev–Trinajstić information content (AvgIpc) is 3.02. The summed E-state index contributed by atoms with van der Waals surface area (Å²) < 4.78 is 1.92. The summed E-state index contributed by atoms with van der Waals surface area (Å²) in [6.07, 6.45) is 4.69. The standard InChI is InChI=1S/C12H11N5O2/c1-2-17-8-3-4-13-5-7(8)16-11(17)9-10(12(18)19)15-6-14-9/h3-6H,2H2,1H3,(H,14,15)(H,18,19). The van der Waals surface area contributed by atoms with E-state index in [2.05, 4.69) is 19.9 Å². The van der Waals surface area contributed by atoms with Gasteiger partial charge in [0.25, 0.3) is 0 Å². The van der Waals surface area contributed by atoms with Crippen LogP contribution >= 0.6 is 0 Å². The minimum Gasteiger partial charge on any atom is -0.477 e. The maximum absolute atomic E-state index is 11.2. The summed E-state index contributed by atoms with van der Waals surface area (Å²) in [7, 11) is 0. The van der Waals surface area contributed by atoms with Gasteiger partial charge in [0.05, 0.1) is 18.0 Å². The lowest BCUT2D eigenvalue weighted by atomic mass is 10.3. The van der Waals surface area contributed by atoms with Crippen LogP contribution in [0, 0.1) is 0 Å². The molecule has 0 saturated carbocycles. The van der Waals surface area contributed by atoms with Gasteiger partial charge in [-0.25, -0.2) is 14.8 Å². The molecule has 3 aromatic heterocycles. The van der Waals surface area contributed by atoms with Crippen LogP contribution in [-0.2, 0) is 6.54 Å². The molecular formula is C12H11N5O2. The Morgan fingerprint density at radius 2 is 2.37 bits per heavy atom. The lowest BCUT2D eigenvalue weighted by Gasteiger charge is -2.04. The van der Waals surface area contributed by atoms with Gasteiger partial charge in [-0.05, 0) is 13.0 Å². The highest BCUT2D eigenvalue weighted by molar-refractivity contribution is 5.93. The number of imidazole rings is 2. The van der Waals surface area contributed by atoms with Crippen molar-refractivity contribution < 1.29 is 9.90 Å². The van der Waals surface area contributed by atoms with Gasteiger partial charge in [-0.15, -0.1) is 0 Å². The summed E-state index contributed by atoms with van der Waals surface area (Å²) in [4.78, 5) is 26.3. The van der Waals surface area contributed by atoms with Crippen molar-refractivity contribution in [3.8, 4) is 11.5 Å². The first-order valence-corrected chi connectivity index (χ1v) is 5.79. The highest BCUT2D eigenvalue weighted by atomic mass is 16.4. The number of hydrogen-bond donors (Lipinski definition) is 2. The van der Waals surface area contributed by atoms with E-state index >= 15 is 0 Å². The molecule has 0 atom stereocenters. The maximum Gasteiger partial charge on any atom is 0.354 e. The van der Waals surface area contributed by atoms with Crippen molar-refractivity contribution in [2.75, 3.05) is 0 Å². The van der Waals surface area contributed by atoms with Crippen LogP contribution in [0.5, 0.6) is 0 Å². The Hall–Kier alpha value is -2.70. The van der Waals surface area contributed by atoms with Gasteiger partial charge in [0.1, 0.15) is 11.2 Å². The molecule has 7 nitrogen and oxygen atoms in total. The Labute approximate surface area is 108 Å². The first-order valence-electron chi connectivity index (χ1n) is 5.79. The second-order valence-electron chi connectivity index (χ2n) is 3.98. The van der Waals surface area contributed by atoms with Gasteiger partial charge in [-0.1, -0.05) is 0 Å². The van der Waals surface area contributed by atoms with Crippen LogP contribution in [0.15, 0.2) is 24.8 Å². The largest absolute Gasteiger partial charge is 0.477 e. The lowest BCUT2D eigenvalue weighted by molar-refractivity contribution is 0.0692. The maximum atomic E-state index is 11.2. The van der Waals surface area contributed by atoms with Crippen molar-refractivity contribution in [2.24, 2.45) is 0 Å². The molecule has 0 aliphatic heterocycles. The number of carbonyl (C=O) groups is 1. The molecule has 2 N–H and O–H groups in total. The Kier molecular flexibility index (Phi) is 2.52. The molecule has 0 aromatic carbocycles. The van der Waals surface area contributed by atoms with Crippen LogP contribution in [0.2, 0.25) is 0 Å². The minimum atomic E-state index is -1.06. The second kappa shape index (κ2) is 4.20. The summed E-state index contributed by atoms with van der Waals surface area (Å²) in [5.41, 5.74) is 2.01. The fourth-order valence-electron chi connectivity index (χ4n) is 2.11. The zero-order chi connectivity index (χ0) is 13.4. The fraction of sp³-hybridized carbons (Fsp3) is 0.167. The first-order chi connectivity index (χ1) is 9.22. The molecule has 19 heavy (non-hydrogen) atoms. The molecule has 0 bridgehead atoms. The number of fused-ring (bicyclic) bond motifs is 1. The van der Waals surface area contributed by atoms with Crippen LogP contribution in [0.25, 0.3) is 22.6 Å². The third-order valence-electron chi connectivity index (χ3n) is 2.93. The highest BCUT2D eigenvalue weighted by Gasteiger charge is 2.20. The lowest BCUT2D eigenvalue weighted by Crippen LogP contribution is -2.04. The third kappa shape index (κ3) is 1.67. The molecule has 0 aliphatic rings. The summed E-state index contributed by atoms with van der Waals surface area (Å²) >= 11 is 0. The van der Waals surface area contributed by atoms with E-state index in [1.54, 1.807) is 12.4 Å². The number of nitrogens with zero attached hydrogens (tertiary/aromatic N) is 4. The molecule has 0 unspecified atom stereocenters. The molecule has 3 aromatic rings. The van der Waals surface area contributed by atoms with Crippen LogP contribution in [-0.4, -0.2) is 35.6 Å². The van der Waals surface area contributed by atoms with Crippen LogP contribution < -0.4 is 0 Å². The number of aromatic nitrogens is 5. The molecule has 7 heteroatoms. The molecule has 0 spiro atoms. The van der Waals surface area contributed by atoms with E-state index in [-0.39, 0.29) is 5.69 Å². The van der Waals surface area contributed by atoms with Gasteiger partial charge in [-0.2, -0.15) is 0 Å². The van der Waals surface area contributed by atoms with E-state index in [0.717, 1.165) is 11.0 Å². The number of H-pyrrole nitrogens is 1. The van der Waals surface area contributed by atoms with Crippen LogP contribution in [0.1, 0.15) is 17.4 Å². The van der Waals surface area contributed by atoms with Crippen LogP contribution in [0.3, 0.4) is 0 Å². The smallest absolute Gasteiger partial charge is 0.354 e. The number of carboxylic acid groups (broad SMARTS) is 1. The summed E-state index contributed by atoms with van der Waals surface area (Å²) in [5.74, 6) is -0.524. The van der Waals surface area contributed by atoms with E-state index in [1.165, 1.54) is 6.33 Å². The van der Waals surface area contributed by atoms with Gasteiger partial charge < -0.3 is 14.7 Å². The zero-order valence-electron chi connectivity index (χ0n) is 10.2. The molecule has 0 fully saturated rings. The monoisotopic (exact) mass is 257 g/mol. The van der Waals surface area contributed by atoms with Crippen LogP contribution in [0.4, 0.5) is 0 Å².